The molecular weight excluding hydrogens is 498 g/mol. The van der Waals surface area contributed by atoms with E-state index >= 15 is 0 Å². The highest BCUT2D eigenvalue weighted by Gasteiger charge is 2.38. The van der Waals surface area contributed by atoms with Crippen LogP contribution in [0.4, 0.5) is 0 Å². The van der Waals surface area contributed by atoms with E-state index < -0.39 is 0 Å². The highest BCUT2D eigenvalue weighted by atomic mass is 16.3. The Morgan fingerprint density at radius 2 is 1.29 bits per heavy atom. The van der Waals surface area contributed by atoms with Crippen molar-refractivity contribution in [2.45, 2.75) is 19.3 Å². The molecule has 194 valence electrons. The summed E-state index contributed by atoms with van der Waals surface area (Å²) in [6.07, 6.45) is 0. The molecule has 0 atom stereocenters. The molecule has 0 N–H and O–H groups in total. The fourth-order valence-electron chi connectivity index (χ4n) is 7.19. The maximum atomic E-state index is 6.51. The van der Waals surface area contributed by atoms with E-state index in [1.807, 2.05) is 6.07 Å². The van der Waals surface area contributed by atoms with E-state index in [1.54, 1.807) is 0 Å². The first-order valence-electron chi connectivity index (χ1n) is 14.3. The molecule has 0 spiro atoms. The van der Waals surface area contributed by atoms with Gasteiger partial charge in [0.25, 0.3) is 0 Å². The average Bonchev–Trinajstić information content (AvgIpc) is 3.63. The van der Waals surface area contributed by atoms with Crippen molar-refractivity contribution in [1.82, 2.24) is 4.57 Å². The number of nitrogens with zero attached hydrogens (tertiary/aromatic N) is 1. The number of para-hydroxylation sites is 2. The fourth-order valence-corrected chi connectivity index (χ4v) is 7.19. The number of hydrogen-bond acceptors (Lipinski definition) is 1. The van der Waals surface area contributed by atoms with Crippen LogP contribution in [-0.2, 0) is 5.41 Å². The molecule has 1 aliphatic carbocycles. The highest BCUT2D eigenvalue weighted by Crippen LogP contribution is 2.53. The Kier molecular flexibility index (Phi) is 4.42. The molecule has 41 heavy (non-hydrogen) atoms. The normalized spacial score (nSPS) is 13.8. The molecule has 0 unspecified atom stereocenters. The highest BCUT2D eigenvalue weighted by molar-refractivity contribution is 6.12. The Labute approximate surface area is 238 Å². The quantitative estimate of drug-likeness (QED) is 0.219. The number of rotatable bonds is 2. The van der Waals surface area contributed by atoms with Crippen molar-refractivity contribution in [1.29, 1.82) is 0 Å². The van der Waals surface area contributed by atoms with Gasteiger partial charge in [-0.15, -0.1) is 0 Å². The lowest BCUT2D eigenvalue weighted by atomic mass is 9.82. The largest absolute Gasteiger partial charge is 0.455 e. The first kappa shape index (κ1) is 22.7. The van der Waals surface area contributed by atoms with Gasteiger partial charge in [0.05, 0.1) is 11.0 Å². The average molecular weight is 526 g/mol. The summed E-state index contributed by atoms with van der Waals surface area (Å²) in [6, 6.07) is 46.2. The van der Waals surface area contributed by atoms with Gasteiger partial charge in [-0.25, -0.2) is 0 Å². The summed E-state index contributed by atoms with van der Waals surface area (Å²) in [6.45, 7) is 4.68. The van der Waals surface area contributed by atoms with Crippen LogP contribution in [0.2, 0.25) is 0 Å². The van der Waals surface area contributed by atoms with E-state index in [0.29, 0.717) is 0 Å². The van der Waals surface area contributed by atoms with Crippen molar-refractivity contribution >= 4 is 43.7 Å². The van der Waals surface area contributed by atoms with Crippen LogP contribution in [0.1, 0.15) is 25.0 Å². The molecule has 0 saturated carbocycles. The van der Waals surface area contributed by atoms with Gasteiger partial charge in [-0.05, 0) is 64.2 Å². The zero-order valence-corrected chi connectivity index (χ0v) is 23.0. The minimum Gasteiger partial charge on any atom is -0.455 e. The molecule has 0 aliphatic heterocycles. The molecule has 6 aromatic carbocycles. The smallest absolute Gasteiger partial charge is 0.143 e. The Morgan fingerprint density at radius 1 is 0.537 bits per heavy atom. The molecule has 1 aliphatic rings. The molecule has 2 aromatic heterocycles. The maximum Gasteiger partial charge on any atom is 0.143 e. The van der Waals surface area contributed by atoms with Crippen LogP contribution in [0.15, 0.2) is 132 Å². The summed E-state index contributed by atoms with van der Waals surface area (Å²) in [5.41, 5.74) is 13.1. The lowest BCUT2D eigenvalue weighted by molar-refractivity contribution is 0.653. The van der Waals surface area contributed by atoms with Gasteiger partial charge in [-0.3, -0.25) is 0 Å². The minimum atomic E-state index is -0.146. The fraction of sp³-hybridized carbons (Fsp3) is 0.0769. The van der Waals surface area contributed by atoms with Crippen molar-refractivity contribution in [3.05, 3.63) is 139 Å². The zero-order chi connectivity index (χ0) is 27.3. The van der Waals surface area contributed by atoms with Crippen LogP contribution >= 0.6 is 0 Å². The molecule has 0 bridgehead atoms. The molecule has 0 saturated heterocycles. The van der Waals surface area contributed by atoms with Crippen LogP contribution in [0, 0.1) is 0 Å². The Bertz CT molecular complexity index is 2330. The van der Waals surface area contributed by atoms with Crippen molar-refractivity contribution in [2.75, 3.05) is 0 Å². The standard InChI is InChI=1S/C39H27NO/c1-39(2)32-20-19-29-28-13-7-9-15-36(28)41-38(29)37(32)30-18-17-26(23-33(30)39)40-34-14-8-6-12-27(34)31-22-25(16-21-35(31)40)24-10-4-3-5-11-24/h3-23H,1-2H3. The van der Waals surface area contributed by atoms with Crippen LogP contribution < -0.4 is 0 Å². The number of hydrogen-bond donors (Lipinski definition) is 0. The number of benzene rings is 6. The number of fused-ring (bicyclic) bond motifs is 10. The third-order valence-electron chi connectivity index (χ3n) is 9.20. The van der Waals surface area contributed by atoms with Gasteiger partial charge in [0, 0.05) is 38.2 Å². The van der Waals surface area contributed by atoms with Crippen LogP contribution in [-0.4, -0.2) is 4.57 Å². The lowest BCUT2D eigenvalue weighted by Gasteiger charge is -2.22. The molecule has 9 rings (SSSR count). The summed E-state index contributed by atoms with van der Waals surface area (Å²) < 4.78 is 8.93. The topological polar surface area (TPSA) is 18.1 Å². The van der Waals surface area contributed by atoms with Gasteiger partial charge in [-0.1, -0.05) is 105 Å². The first-order chi connectivity index (χ1) is 20.1. The van der Waals surface area contributed by atoms with Crippen molar-refractivity contribution < 1.29 is 4.42 Å². The molecule has 2 heteroatoms. The zero-order valence-electron chi connectivity index (χ0n) is 23.0. The second-order valence-electron chi connectivity index (χ2n) is 11.8. The molecule has 0 fully saturated rings. The number of aromatic nitrogens is 1. The summed E-state index contributed by atoms with van der Waals surface area (Å²) in [5, 5.41) is 4.90. The summed E-state index contributed by atoms with van der Waals surface area (Å²) in [7, 11) is 0. The summed E-state index contributed by atoms with van der Waals surface area (Å²) in [4.78, 5) is 0. The van der Waals surface area contributed by atoms with Crippen molar-refractivity contribution in [2.24, 2.45) is 0 Å². The van der Waals surface area contributed by atoms with E-state index in [1.165, 1.54) is 71.6 Å². The molecule has 0 amide bonds. The van der Waals surface area contributed by atoms with E-state index in [9.17, 15) is 0 Å². The Hall–Kier alpha value is -5.08. The van der Waals surface area contributed by atoms with E-state index in [4.69, 9.17) is 4.42 Å². The van der Waals surface area contributed by atoms with Gasteiger partial charge < -0.3 is 8.98 Å². The third-order valence-corrected chi connectivity index (χ3v) is 9.20. The Balaban J connectivity index is 1.29. The van der Waals surface area contributed by atoms with Gasteiger partial charge in [-0.2, -0.15) is 0 Å². The minimum absolute atomic E-state index is 0.146. The van der Waals surface area contributed by atoms with Gasteiger partial charge in [0.2, 0.25) is 0 Å². The van der Waals surface area contributed by atoms with Crippen molar-refractivity contribution in [3.63, 3.8) is 0 Å². The summed E-state index contributed by atoms with van der Waals surface area (Å²) in [5.74, 6) is 0. The van der Waals surface area contributed by atoms with Crippen LogP contribution in [0.3, 0.4) is 0 Å². The van der Waals surface area contributed by atoms with Crippen molar-refractivity contribution in [3.8, 4) is 27.9 Å². The van der Waals surface area contributed by atoms with Crippen LogP contribution in [0.25, 0.3) is 71.7 Å². The number of furan rings is 1. The predicted octanol–water partition coefficient (Wildman–Crippen LogP) is 10.7. The van der Waals surface area contributed by atoms with E-state index in [-0.39, 0.29) is 5.41 Å². The van der Waals surface area contributed by atoms with E-state index in [0.717, 1.165) is 11.2 Å². The van der Waals surface area contributed by atoms with Gasteiger partial charge in [0.15, 0.2) is 0 Å². The lowest BCUT2D eigenvalue weighted by Crippen LogP contribution is -2.15. The second-order valence-corrected chi connectivity index (χ2v) is 11.8. The molecular formula is C39H27NO. The molecule has 0 radical (unpaired) electrons. The Morgan fingerprint density at radius 3 is 2.17 bits per heavy atom. The van der Waals surface area contributed by atoms with Gasteiger partial charge >= 0.3 is 0 Å². The SMILES string of the molecule is CC1(C)c2cc(-n3c4ccccc4c4cc(-c5ccccc5)ccc43)ccc2-c2c1ccc1c2oc2ccccc21. The summed E-state index contributed by atoms with van der Waals surface area (Å²) >= 11 is 0. The first-order valence-corrected chi connectivity index (χ1v) is 14.3. The second kappa shape index (κ2) is 7.99. The molecule has 2 heterocycles. The van der Waals surface area contributed by atoms with E-state index in [2.05, 4.69) is 140 Å². The van der Waals surface area contributed by atoms with Crippen LogP contribution in [0.5, 0.6) is 0 Å². The molecule has 8 aromatic rings. The molecule has 2 nitrogen and oxygen atoms in total. The third kappa shape index (κ3) is 3.02. The monoisotopic (exact) mass is 525 g/mol. The maximum absolute atomic E-state index is 6.51. The predicted molar refractivity (Wildman–Crippen MR) is 171 cm³/mol. The van der Waals surface area contributed by atoms with Gasteiger partial charge in [0.1, 0.15) is 11.2 Å².